The third-order valence-electron chi connectivity index (χ3n) is 1.87. The molecule has 0 fully saturated rings. The summed E-state index contributed by atoms with van der Waals surface area (Å²) in [6, 6.07) is 4.32. The highest BCUT2D eigenvalue weighted by molar-refractivity contribution is 6.31. The second kappa shape index (κ2) is 6.06. The molecule has 0 unspecified atom stereocenters. The Hall–Kier alpha value is -1.81. The molecule has 0 saturated carbocycles. The molecule has 1 aromatic rings. The van der Waals surface area contributed by atoms with Gasteiger partial charge in [0, 0.05) is 11.1 Å². The average Bonchev–Trinajstić information content (AvgIpc) is 2.26. The Morgan fingerprint density at radius 1 is 1.41 bits per heavy atom. The predicted octanol–water partition coefficient (Wildman–Crippen LogP) is 2.61. The first-order valence-corrected chi connectivity index (χ1v) is 5.29. The lowest BCUT2D eigenvalue weighted by Gasteiger charge is -1.99. The number of carbonyl (C=O) groups excluding carboxylic acids is 1. The summed E-state index contributed by atoms with van der Waals surface area (Å²) in [5.41, 5.74) is 0.601. The Morgan fingerprint density at radius 3 is 2.71 bits per heavy atom. The Morgan fingerprint density at radius 2 is 2.12 bits per heavy atom. The van der Waals surface area contributed by atoms with Crippen LogP contribution in [0.25, 0.3) is 6.08 Å². The van der Waals surface area contributed by atoms with Crippen molar-refractivity contribution in [2.75, 3.05) is 6.61 Å². The van der Waals surface area contributed by atoms with E-state index in [2.05, 4.69) is 0 Å². The number of halogens is 1. The average molecular weight is 255 g/mol. The van der Waals surface area contributed by atoms with Crippen LogP contribution in [-0.4, -0.2) is 23.7 Å². The van der Waals surface area contributed by atoms with Crippen LogP contribution < -0.4 is 0 Å². The Bertz CT molecular complexity index is 466. The van der Waals surface area contributed by atoms with Gasteiger partial charge in [0.2, 0.25) is 0 Å². The SMILES string of the molecule is CCOC(=O)C=Cc1cc(Cl)cc(C(=O)O)c1. The fourth-order valence-corrected chi connectivity index (χ4v) is 1.43. The van der Waals surface area contributed by atoms with Gasteiger partial charge in [0.05, 0.1) is 12.2 Å². The van der Waals surface area contributed by atoms with Crippen LogP contribution in [0.15, 0.2) is 24.3 Å². The Balaban J connectivity index is 2.91. The first-order chi connectivity index (χ1) is 8.02. The van der Waals surface area contributed by atoms with Gasteiger partial charge >= 0.3 is 11.9 Å². The molecule has 5 heteroatoms. The van der Waals surface area contributed by atoms with E-state index in [0.29, 0.717) is 17.2 Å². The van der Waals surface area contributed by atoms with Crippen molar-refractivity contribution in [3.05, 3.63) is 40.4 Å². The second-order valence-corrected chi connectivity index (χ2v) is 3.60. The van der Waals surface area contributed by atoms with E-state index in [1.807, 2.05) is 0 Å². The van der Waals surface area contributed by atoms with E-state index in [1.54, 1.807) is 13.0 Å². The van der Waals surface area contributed by atoms with Gasteiger partial charge in [-0.25, -0.2) is 9.59 Å². The van der Waals surface area contributed by atoms with Crippen LogP contribution in [0, 0.1) is 0 Å². The van der Waals surface area contributed by atoms with Gasteiger partial charge in [0.15, 0.2) is 0 Å². The molecule has 4 nitrogen and oxygen atoms in total. The van der Waals surface area contributed by atoms with E-state index < -0.39 is 11.9 Å². The van der Waals surface area contributed by atoms with E-state index >= 15 is 0 Å². The van der Waals surface area contributed by atoms with E-state index in [1.165, 1.54) is 24.3 Å². The molecule has 0 bridgehead atoms. The highest BCUT2D eigenvalue weighted by Gasteiger charge is 2.05. The van der Waals surface area contributed by atoms with Crippen molar-refractivity contribution in [1.29, 1.82) is 0 Å². The first kappa shape index (κ1) is 13.3. The molecule has 0 aliphatic rings. The van der Waals surface area contributed by atoms with E-state index in [-0.39, 0.29) is 5.56 Å². The third kappa shape index (κ3) is 4.28. The third-order valence-corrected chi connectivity index (χ3v) is 2.08. The molecule has 0 radical (unpaired) electrons. The number of aromatic carboxylic acids is 1. The largest absolute Gasteiger partial charge is 0.478 e. The number of carbonyl (C=O) groups is 2. The summed E-state index contributed by atoms with van der Waals surface area (Å²) in [5.74, 6) is -1.55. The maximum Gasteiger partial charge on any atom is 0.335 e. The zero-order valence-corrected chi connectivity index (χ0v) is 9.90. The van der Waals surface area contributed by atoms with Gasteiger partial charge in [-0.15, -0.1) is 0 Å². The second-order valence-electron chi connectivity index (χ2n) is 3.16. The fraction of sp³-hybridized carbons (Fsp3) is 0.167. The Labute approximate surface area is 103 Å². The molecule has 0 saturated heterocycles. The molecule has 0 aromatic heterocycles. The number of esters is 1. The van der Waals surface area contributed by atoms with Gasteiger partial charge in [-0.2, -0.15) is 0 Å². The van der Waals surface area contributed by atoms with Crippen molar-refractivity contribution in [3.63, 3.8) is 0 Å². The molecule has 0 amide bonds. The lowest BCUT2D eigenvalue weighted by Crippen LogP contribution is -1.99. The molecule has 90 valence electrons. The molecular formula is C12H11ClO4. The lowest BCUT2D eigenvalue weighted by molar-refractivity contribution is -0.137. The van der Waals surface area contributed by atoms with Crippen LogP contribution in [0.5, 0.6) is 0 Å². The summed E-state index contributed by atoms with van der Waals surface area (Å²) in [7, 11) is 0. The number of ether oxygens (including phenoxy) is 1. The topological polar surface area (TPSA) is 63.6 Å². The summed E-state index contributed by atoms with van der Waals surface area (Å²) >= 11 is 5.76. The molecule has 1 rings (SSSR count). The number of hydrogen-bond acceptors (Lipinski definition) is 3. The minimum Gasteiger partial charge on any atom is -0.478 e. The van der Waals surface area contributed by atoms with Crippen molar-refractivity contribution in [2.45, 2.75) is 6.92 Å². The van der Waals surface area contributed by atoms with E-state index in [0.717, 1.165) is 0 Å². The van der Waals surface area contributed by atoms with Crippen molar-refractivity contribution in [3.8, 4) is 0 Å². The summed E-state index contributed by atoms with van der Waals surface area (Å²) in [5, 5.41) is 9.12. The smallest absolute Gasteiger partial charge is 0.335 e. The molecule has 0 heterocycles. The number of rotatable bonds is 4. The minimum absolute atomic E-state index is 0.0704. The van der Waals surface area contributed by atoms with Crippen molar-refractivity contribution >= 4 is 29.6 Å². The monoisotopic (exact) mass is 254 g/mol. The quantitative estimate of drug-likeness (QED) is 0.663. The van der Waals surface area contributed by atoms with Gasteiger partial charge in [0.1, 0.15) is 0 Å². The molecule has 0 spiro atoms. The number of carboxylic acid groups (broad SMARTS) is 1. The first-order valence-electron chi connectivity index (χ1n) is 4.91. The van der Waals surface area contributed by atoms with Gasteiger partial charge in [-0.3, -0.25) is 0 Å². The number of carboxylic acids is 1. The standard InChI is InChI=1S/C12H11ClO4/c1-2-17-11(14)4-3-8-5-9(12(15)16)7-10(13)6-8/h3-7H,2H2,1H3,(H,15,16). The maximum atomic E-state index is 11.1. The molecule has 1 aromatic carbocycles. The zero-order chi connectivity index (χ0) is 12.8. The van der Waals surface area contributed by atoms with Crippen molar-refractivity contribution in [1.82, 2.24) is 0 Å². The van der Waals surface area contributed by atoms with Crippen LogP contribution in [0.2, 0.25) is 5.02 Å². The molecule has 1 N–H and O–H groups in total. The predicted molar refractivity (Wildman–Crippen MR) is 64.1 cm³/mol. The maximum absolute atomic E-state index is 11.1. The van der Waals surface area contributed by atoms with Gasteiger partial charge < -0.3 is 9.84 Å². The summed E-state index contributed by atoms with van der Waals surface area (Å²) in [4.78, 5) is 21.8. The number of hydrogen-bond donors (Lipinski definition) is 1. The van der Waals surface area contributed by atoms with Gasteiger partial charge in [-0.05, 0) is 36.8 Å². The highest BCUT2D eigenvalue weighted by atomic mass is 35.5. The summed E-state index contributed by atoms with van der Waals surface area (Å²) in [6.07, 6.45) is 2.68. The van der Waals surface area contributed by atoms with E-state index in [9.17, 15) is 9.59 Å². The van der Waals surface area contributed by atoms with Crippen LogP contribution in [0.1, 0.15) is 22.8 Å². The van der Waals surface area contributed by atoms with Crippen LogP contribution in [0.4, 0.5) is 0 Å². The van der Waals surface area contributed by atoms with Crippen molar-refractivity contribution in [2.24, 2.45) is 0 Å². The molecule has 17 heavy (non-hydrogen) atoms. The van der Waals surface area contributed by atoms with E-state index in [4.69, 9.17) is 21.4 Å². The molecular weight excluding hydrogens is 244 g/mol. The highest BCUT2D eigenvalue weighted by Crippen LogP contribution is 2.16. The zero-order valence-electron chi connectivity index (χ0n) is 9.14. The van der Waals surface area contributed by atoms with Crippen molar-refractivity contribution < 1.29 is 19.4 Å². The summed E-state index contributed by atoms with van der Waals surface area (Å²) < 4.78 is 4.70. The number of benzene rings is 1. The normalized spacial score (nSPS) is 10.5. The van der Waals surface area contributed by atoms with Crippen LogP contribution in [-0.2, 0) is 9.53 Å². The molecule has 0 aliphatic heterocycles. The minimum atomic E-state index is -1.07. The van der Waals surface area contributed by atoms with Crippen LogP contribution >= 0.6 is 11.6 Å². The molecule has 0 atom stereocenters. The van der Waals surface area contributed by atoms with Crippen LogP contribution in [0.3, 0.4) is 0 Å². The molecule has 0 aliphatic carbocycles. The Kier molecular flexibility index (Phi) is 4.72. The van der Waals surface area contributed by atoms with Gasteiger partial charge in [0.25, 0.3) is 0 Å². The lowest BCUT2D eigenvalue weighted by atomic mass is 10.1. The summed E-state index contributed by atoms with van der Waals surface area (Å²) in [6.45, 7) is 1.99. The fourth-order valence-electron chi connectivity index (χ4n) is 1.19. The van der Waals surface area contributed by atoms with Gasteiger partial charge in [-0.1, -0.05) is 11.6 Å².